The standard InChI is InChI=1S/C12H13ClN4/c13-11-3-1-9(7-16-11)5-15-6-10-2-4-12(14)17-8-10/h1-4,7-8,15H,5-6H2,(H2,14,17). The van der Waals surface area contributed by atoms with Crippen molar-refractivity contribution in [3.63, 3.8) is 0 Å². The van der Waals surface area contributed by atoms with E-state index in [-0.39, 0.29) is 0 Å². The Morgan fingerprint density at radius 1 is 1.00 bits per heavy atom. The van der Waals surface area contributed by atoms with Crippen molar-refractivity contribution in [3.05, 3.63) is 52.9 Å². The summed E-state index contributed by atoms with van der Waals surface area (Å²) in [6.07, 6.45) is 3.53. The molecule has 0 amide bonds. The highest BCUT2D eigenvalue weighted by Gasteiger charge is 1.96. The maximum atomic E-state index is 5.70. The first kappa shape index (κ1) is 11.8. The third-order valence-electron chi connectivity index (χ3n) is 2.29. The van der Waals surface area contributed by atoms with Crippen LogP contribution in [0, 0.1) is 0 Å². The number of nitrogens with zero attached hydrogens (tertiary/aromatic N) is 2. The second-order valence-electron chi connectivity index (χ2n) is 3.68. The highest BCUT2D eigenvalue weighted by atomic mass is 35.5. The first-order chi connectivity index (χ1) is 8.24. The van der Waals surface area contributed by atoms with Crippen LogP contribution in [0.4, 0.5) is 5.82 Å². The number of hydrogen-bond acceptors (Lipinski definition) is 4. The molecule has 0 saturated heterocycles. The van der Waals surface area contributed by atoms with Gasteiger partial charge in [0, 0.05) is 25.5 Å². The van der Waals surface area contributed by atoms with E-state index < -0.39 is 0 Å². The van der Waals surface area contributed by atoms with E-state index in [1.807, 2.05) is 12.1 Å². The number of nitrogens with two attached hydrogens (primary N) is 1. The van der Waals surface area contributed by atoms with Crippen LogP contribution in [-0.2, 0) is 13.1 Å². The summed E-state index contributed by atoms with van der Waals surface area (Å²) in [4.78, 5) is 8.04. The molecule has 0 fully saturated rings. The van der Waals surface area contributed by atoms with Gasteiger partial charge in [0.25, 0.3) is 0 Å². The average molecular weight is 249 g/mol. The third-order valence-corrected chi connectivity index (χ3v) is 2.52. The lowest BCUT2D eigenvalue weighted by molar-refractivity contribution is 0.690. The van der Waals surface area contributed by atoms with Crippen molar-refractivity contribution in [2.75, 3.05) is 5.73 Å². The number of aromatic nitrogens is 2. The molecule has 88 valence electrons. The molecule has 2 rings (SSSR count). The molecule has 2 aromatic heterocycles. The van der Waals surface area contributed by atoms with Gasteiger partial charge in [-0.15, -0.1) is 0 Å². The summed E-state index contributed by atoms with van der Waals surface area (Å²) in [5.74, 6) is 0.538. The SMILES string of the molecule is Nc1ccc(CNCc2ccc(Cl)nc2)cn1. The second-order valence-corrected chi connectivity index (χ2v) is 4.07. The van der Waals surface area contributed by atoms with Gasteiger partial charge in [-0.2, -0.15) is 0 Å². The van der Waals surface area contributed by atoms with Gasteiger partial charge in [-0.25, -0.2) is 9.97 Å². The van der Waals surface area contributed by atoms with Gasteiger partial charge in [0.05, 0.1) is 0 Å². The number of hydrogen-bond donors (Lipinski definition) is 2. The van der Waals surface area contributed by atoms with Gasteiger partial charge >= 0.3 is 0 Å². The fourth-order valence-electron chi connectivity index (χ4n) is 1.40. The molecule has 0 aliphatic heterocycles. The molecule has 0 atom stereocenters. The quantitative estimate of drug-likeness (QED) is 0.813. The van der Waals surface area contributed by atoms with Crippen LogP contribution in [0.2, 0.25) is 5.15 Å². The second kappa shape index (κ2) is 5.61. The van der Waals surface area contributed by atoms with Gasteiger partial charge in [0.2, 0.25) is 0 Å². The van der Waals surface area contributed by atoms with Gasteiger partial charge < -0.3 is 11.1 Å². The smallest absolute Gasteiger partial charge is 0.129 e. The molecule has 17 heavy (non-hydrogen) atoms. The Kier molecular flexibility index (Phi) is 3.90. The fourth-order valence-corrected chi connectivity index (χ4v) is 1.51. The summed E-state index contributed by atoms with van der Waals surface area (Å²) in [5, 5.41) is 3.80. The van der Waals surface area contributed by atoms with E-state index in [0.717, 1.165) is 24.2 Å². The molecule has 0 radical (unpaired) electrons. The van der Waals surface area contributed by atoms with Crippen LogP contribution in [0.3, 0.4) is 0 Å². The maximum Gasteiger partial charge on any atom is 0.129 e. The van der Waals surface area contributed by atoms with Crippen molar-refractivity contribution in [3.8, 4) is 0 Å². The lowest BCUT2D eigenvalue weighted by atomic mass is 10.2. The molecular formula is C12H13ClN4. The Bertz CT molecular complexity index is 421. The van der Waals surface area contributed by atoms with E-state index in [2.05, 4.69) is 15.3 Å². The Balaban J connectivity index is 1.83. The highest BCUT2D eigenvalue weighted by molar-refractivity contribution is 6.29. The largest absolute Gasteiger partial charge is 0.384 e. The molecule has 0 aromatic carbocycles. The lowest BCUT2D eigenvalue weighted by Gasteiger charge is -2.04. The zero-order chi connectivity index (χ0) is 12.1. The highest BCUT2D eigenvalue weighted by Crippen LogP contribution is 2.05. The van der Waals surface area contributed by atoms with E-state index >= 15 is 0 Å². The molecule has 0 aliphatic carbocycles. The minimum absolute atomic E-state index is 0.511. The predicted molar refractivity (Wildman–Crippen MR) is 68.4 cm³/mol. The summed E-state index contributed by atoms with van der Waals surface area (Å²) in [6, 6.07) is 7.48. The Morgan fingerprint density at radius 2 is 1.65 bits per heavy atom. The number of nitrogen functional groups attached to an aromatic ring is 1. The molecule has 2 heterocycles. The van der Waals surface area contributed by atoms with E-state index in [4.69, 9.17) is 17.3 Å². The van der Waals surface area contributed by atoms with Crippen LogP contribution < -0.4 is 11.1 Å². The van der Waals surface area contributed by atoms with Crippen LogP contribution >= 0.6 is 11.6 Å². The Morgan fingerprint density at radius 3 is 2.18 bits per heavy atom. The van der Waals surface area contributed by atoms with E-state index in [1.54, 1.807) is 24.5 Å². The minimum atomic E-state index is 0.511. The fraction of sp³-hybridized carbons (Fsp3) is 0.167. The lowest BCUT2D eigenvalue weighted by Crippen LogP contribution is -2.13. The van der Waals surface area contributed by atoms with E-state index in [1.165, 1.54) is 0 Å². The van der Waals surface area contributed by atoms with Crippen molar-refractivity contribution in [2.45, 2.75) is 13.1 Å². The first-order valence-electron chi connectivity index (χ1n) is 5.25. The molecule has 4 nitrogen and oxygen atoms in total. The van der Waals surface area contributed by atoms with Crippen molar-refractivity contribution in [2.24, 2.45) is 0 Å². The van der Waals surface area contributed by atoms with Gasteiger partial charge in [-0.1, -0.05) is 23.7 Å². The van der Waals surface area contributed by atoms with Crippen LogP contribution in [0.1, 0.15) is 11.1 Å². The van der Waals surface area contributed by atoms with Crippen molar-refractivity contribution >= 4 is 17.4 Å². The average Bonchev–Trinajstić information content (AvgIpc) is 2.34. The molecule has 2 aromatic rings. The molecule has 0 saturated carbocycles. The topological polar surface area (TPSA) is 63.8 Å². The summed E-state index contributed by atoms with van der Waals surface area (Å²) < 4.78 is 0. The van der Waals surface area contributed by atoms with Crippen molar-refractivity contribution in [1.82, 2.24) is 15.3 Å². The number of halogens is 1. The molecular weight excluding hydrogens is 236 g/mol. The number of rotatable bonds is 4. The third kappa shape index (κ3) is 3.69. The van der Waals surface area contributed by atoms with E-state index in [9.17, 15) is 0 Å². The Labute approximate surface area is 105 Å². The number of pyridine rings is 2. The summed E-state index contributed by atoms with van der Waals surface area (Å²) >= 11 is 5.70. The van der Waals surface area contributed by atoms with Crippen molar-refractivity contribution in [1.29, 1.82) is 0 Å². The van der Waals surface area contributed by atoms with Crippen LogP contribution in [-0.4, -0.2) is 9.97 Å². The zero-order valence-electron chi connectivity index (χ0n) is 9.23. The molecule has 3 N–H and O–H groups in total. The van der Waals surface area contributed by atoms with Gasteiger partial charge in [0.1, 0.15) is 11.0 Å². The van der Waals surface area contributed by atoms with E-state index in [0.29, 0.717) is 11.0 Å². The summed E-state index contributed by atoms with van der Waals surface area (Å²) in [7, 11) is 0. The predicted octanol–water partition coefficient (Wildman–Crippen LogP) is 2.00. The minimum Gasteiger partial charge on any atom is -0.384 e. The maximum absolute atomic E-state index is 5.70. The molecule has 5 heteroatoms. The Hall–Kier alpha value is -1.65. The van der Waals surface area contributed by atoms with Crippen LogP contribution in [0.5, 0.6) is 0 Å². The van der Waals surface area contributed by atoms with Gasteiger partial charge in [-0.05, 0) is 23.3 Å². The molecule has 0 spiro atoms. The molecule has 0 aliphatic rings. The molecule has 0 bridgehead atoms. The molecule has 0 unspecified atom stereocenters. The van der Waals surface area contributed by atoms with Gasteiger partial charge in [0.15, 0.2) is 0 Å². The van der Waals surface area contributed by atoms with Gasteiger partial charge in [-0.3, -0.25) is 0 Å². The summed E-state index contributed by atoms with van der Waals surface area (Å²) in [6.45, 7) is 1.49. The zero-order valence-corrected chi connectivity index (χ0v) is 9.98. The number of anilines is 1. The number of nitrogens with one attached hydrogen (secondary N) is 1. The van der Waals surface area contributed by atoms with Crippen LogP contribution in [0.25, 0.3) is 0 Å². The summed E-state index contributed by atoms with van der Waals surface area (Å²) in [5.41, 5.74) is 7.70. The van der Waals surface area contributed by atoms with Crippen LogP contribution in [0.15, 0.2) is 36.7 Å². The normalized spacial score (nSPS) is 10.4. The monoisotopic (exact) mass is 248 g/mol. The first-order valence-corrected chi connectivity index (χ1v) is 5.63. The van der Waals surface area contributed by atoms with Crippen molar-refractivity contribution < 1.29 is 0 Å².